The molecule has 1 N–H and O–H groups in total. The zero-order valence-corrected chi connectivity index (χ0v) is 21.3. The van der Waals surface area contributed by atoms with Crippen LogP contribution in [0.5, 0.6) is 0 Å². The van der Waals surface area contributed by atoms with E-state index >= 15 is 0 Å². The zero-order chi connectivity index (χ0) is 23.1. The summed E-state index contributed by atoms with van der Waals surface area (Å²) in [6, 6.07) is 15.3. The second-order valence-electron chi connectivity index (χ2n) is 8.15. The van der Waals surface area contributed by atoms with Gasteiger partial charge < -0.3 is 5.32 Å². The molecule has 1 heterocycles. The van der Waals surface area contributed by atoms with E-state index in [2.05, 4.69) is 39.4 Å². The van der Waals surface area contributed by atoms with E-state index < -0.39 is 10.0 Å². The average molecular weight is 495 g/mol. The maximum absolute atomic E-state index is 12.8. The van der Waals surface area contributed by atoms with E-state index in [-0.39, 0.29) is 23.2 Å². The van der Waals surface area contributed by atoms with Crippen LogP contribution in [-0.2, 0) is 21.4 Å². The minimum Gasteiger partial charge on any atom is -0.325 e. The van der Waals surface area contributed by atoms with Gasteiger partial charge in [-0.25, -0.2) is 8.42 Å². The third-order valence-electron chi connectivity index (χ3n) is 5.91. The Morgan fingerprint density at radius 2 is 1.58 bits per heavy atom. The Morgan fingerprint density at radius 1 is 0.970 bits per heavy atom. The predicted molar refractivity (Wildman–Crippen MR) is 135 cm³/mol. The van der Waals surface area contributed by atoms with Crippen molar-refractivity contribution in [1.82, 2.24) is 14.1 Å². The average Bonchev–Trinajstić information content (AvgIpc) is 2.78. The zero-order valence-electron chi connectivity index (χ0n) is 19.7. The van der Waals surface area contributed by atoms with E-state index in [1.54, 1.807) is 18.2 Å². The van der Waals surface area contributed by atoms with Crippen LogP contribution in [0.3, 0.4) is 0 Å². The Kier molecular flexibility index (Phi) is 10.3. The number of aryl methyl sites for hydroxylation is 1. The third-order valence-corrected chi connectivity index (χ3v) is 7.95. The predicted octanol–water partition coefficient (Wildman–Crippen LogP) is 3.20. The van der Waals surface area contributed by atoms with Crippen LogP contribution in [0.4, 0.5) is 5.69 Å². The molecule has 9 heteroatoms. The number of carbonyl (C=O) groups excluding carboxylic acids is 1. The van der Waals surface area contributed by atoms with Crippen LogP contribution in [0.2, 0.25) is 0 Å². The SMILES string of the molecule is CCN(CC)S(=O)(=O)c1ccc(C)c(NC(=O)CN2CCN(Cc3ccccc3)CC2)c1.Cl. The third kappa shape index (κ3) is 7.25. The molecule has 182 valence electrons. The number of piperazine rings is 1. The molecule has 7 nitrogen and oxygen atoms in total. The van der Waals surface area contributed by atoms with Crippen molar-refractivity contribution in [2.45, 2.75) is 32.2 Å². The van der Waals surface area contributed by atoms with Gasteiger partial charge in [0.1, 0.15) is 0 Å². The van der Waals surface area contributed by atoms with E-state index in [1.807, 2.05) is 26.8 Å². The molecule has 2 aromatic rings. The fourth-order valence-electron chi connectivity index (χ4n) is 3.95. The molecule has 1 fully saturated rings. The Bertz CT molecular complexity index is 1010. The Labute approximate surface area is 204 Å². The summed E-state index contributed by atoms with van der Waals surface area (Å²) < 4.78 is 27.1. The van der Waals surface area contributed by atoms with E-state index in [9.17, 15) is 13.2 Å². The number of benzene rings is 2. The molecule has 0 aliphatic carbocycles. The lowest BCUT2D eigenvalue weighted by Gasteiger charge is -2.34. The minimum absolute atomic E-state index is 0. The second-order valence-corrected chi connectivity index (χ2v) is 10.1. The molecular formula is C24H35ClN4O3S. The van der Waals surface area contributed by atoms with Crippen molar-refractivity contribution in [3.63, 3.8) is 0 Å². The molecule has 0 atom stereocenters. The molecule has 1 amide bonds. The lowest BCUT2D eigenvalue weighted by Crippen LogP contribution is -2.48. The molecule has 3 rings (SSSR count). The molecule has 1 saturated heterocycles. The van der Waals surface area contributed by atoms with Gasteiger partial charge in [0.25, 0.3) is 0 Å². The van der Waals surface area contributed by atoms with Gasteiger partial charge in [0.05, 0.1) is 11.4 Å². The monoisotopic (exact) mass is 494 g/mol. The summed E-state index contributed by atoms with van der Waals surface area (Å²) in [5.74, 6) is -0.123. The van der Waals surface area contributed by atoms with Gasteiger partial charge in [-0.3, -0.25) is 14.6 Å². The Hall–Kier alpha value is -1.97. The van der Waals surface area contributed by atoms with Crippen LogP contribution in [0.1, 0.15) is 25.0 Å². The first-order valence-electron chi connectivity index (χ1n) is 11.2. The van der Waals surface area contributed by atoms with Crippen molar-refractivity contribution in [1.29, 1.82) is 0 Å². The van der Waals surface area contributed by atoms with Crippen LogP contribution in [0.25, 0.3) is 0 Å². The highest BCUT2D eigenvalue weighted by Crippen LogP contribution is 2.23. The van der Waals surface area contributed by atoms with Gasteiger partial charge in [0, 0.05) is 51.5 Å². The van der Waals surface area contributed by atoms with Crippen LogP contribution < -0.4 is 5.32 Å². The van der Waals surface area contributed by atoms with Crippen molar-refractivity contribution in [2.24, 2.45) is 0 Å². The molecule has 0 unspecified atom stereocenters. The summed E-state index contributed by atoms with van der Waals surface area (Å²) in [7, 11) is -3.57. The maximum atomic E-state index is 12.8. The first-order valence-corrected chi connectivity index (χ1v) is 12.7. The van der Waals surface area contributed by atoms with Crippen molar-refractivity contribution < 1.29 is 13.2 Å². The summed E-state index contributed by atoms with van der Waals surface area (Å²) in [5.41, 5.74) is 2.68. The quantitative estimate of drug-likeness (QED) is 0.579. The molecular weight excluding hydrogens is 460 g/mol. The molecule has 0 bridgehead atoms. The summed E-state index contributed by atoms with van der Waals surface area (Å²) in [6.07, 6.45) is 0. The van der Waals surface area contributed by atoms with Crippen molar-refractivity contribution in [2.75, 3.05) is 51.1 Å². The highest BCUT2D eigenvalue weighted by molar-refractivity contribution is 7.89. The molecule has 0 spiro atoms. The van der Waals surface area contributed by atoms with Gasteiger partial charge in [-0.1, -0.05) is 50.2 Å². The molecule has 0 radical (unpaired) electrons. The van der Waals surface area contributed by atoms with Crippen molar-refractivity contribution in [3.05, 3.63) is 59.7 Å². The van der Waals surface area contributed by atoms with Crippen LogP contribution in [0, 0.1) is 6.92 Å². The number of anilines is 1. The summed E-state index contributed by atoms with van der Waals surface area (Å²) in [6.45, 7) is 11.0. The number of halogens is 1. The fraction of sp³-hybridized carbons (Fsp3) is 0.458. The molecule has 33 heavy (non-hydrogen) atoms. The second kappa shape index (κ2) is 12.5. The Balaban J connectivity index is 0.00000385. The van der Waals surface area contributed by atoms with E-state index in [0.29, 0.717) is 25.3 Å². The number of rotatable bonds is 9. The number of nitrogens with one attached hydrogen (secondary N) is 1. The number of hydrogen-bond acceptors (Lipinski definition) is 5. The highest BCUT2D eigenvalue weighted by Gasteiger charge is 2.23. The van der Waals surface area contributed by atoms with E-state index in [4.69, 9.17) is 0 Å². The van der Waals surface area contributed by atoms with Crippen LogP contribution >= 0.6 is 12.4 Å². The van der Waals surface area contributed by atoms with Gasteiger partial charge in [-0.15, -0.1) is 12.4 Å². The molecule has 1 aliphatic heterocycles. The number of carbonyl (C=O) groups is 1. The smallest absolute Gasteiger partial charge is 0.243 e. The topological polar surface area (TPSA) is 73.0 Å². The molecule has 0 aromatic heterocycles. The molecule has 2 aromatic carbocycles. The number of sulfonamides is 1. The van der Waals surface area contributed by atoms with Gasteiger partial charge >= 0.3 is 0 Å². The van der Waals surface area contributed by atoms with Crippen molar-refractivity contribution in [3.8, 4) is 0 Å². The standard InChI is InChI=1S/C24H34N4O3S.ClH/c1-4-28(5-2)32(30,31)22-12-11-20(3)23(17-22)25-24(29)19-27-15-13-26(14-16-27)18-21-9-7-6-8-10-21;/h6-12,17H,4-5,13-16,18-19H2,1-3H3,(H,25,29);1H. The van der Waals surface area contributed by atoms with Crippen LogP contribution in [-0.4, -0.2) is 74.2 Å². The Morgan fingerprint density at radius 3 is 2.18 bits per heavy atom. The summed E-state index contributed by atoms with van der Waals surface area (Å²) in [5, 5.41) is 2.92. The van der Waals surface area contributed by atoms with Crippen molar-refractivity contribution >= 4 is 34.0 Å². The first kappa shape index (κ1) is 27.3. The lowest BCUT2D eigenvalue weighted by atomic mass is 10.2. The lowest BCUT2D eigenvalue weighted by molar-refractivity contribution is -0.117. The normalized spacial score (nSPS) is 15.3. The number of hydrogen-bond donors (Lipinski definition) is 1. The largest absolute Gasteiger partial charge is 0.325 e. The molecule has 1 aliphatic rings. The van der Waals surface area contributed by atoms with Gasteiger partial charge in [-0.2, -0.15) is 4.31 Å². The van der Waals surface area contributed by atoms with E-state index in [1.165, 1.54) is 9.87 Å². The summed E-state index contributed by atoms with van der Waals surface area (Å²) >= 11 is 0. The van der Waals surface area contributed by atoms with Crippen LogP contribution in [0.15, 0.2) is 53.4 Å². The molecule has 0 saturated carbocycles. The number of amides is 1. The summed E-state index contributed by atoms with van der Waals surface area (Å²) in [4.78, 5) is 17.4. The highest BCUT2D eigenvalue weighted by atomic mass is 35.5. The minimum atomic E-state index is -3.57. The van der Waals surface area contributed by atoms with Gasteiger partial charge in [0.2, 0.25) is 15.9 Å². The van der Waals surface area contributed by atoms with Gasteiger partial charge in [-0.05, 0) is 30.2 Å². The number of nitrogens with zero attached hydrogens (tertiary/aromatic N) is 3. The van der Waals surface area contributed by atoms with Gasteiger partial charge in [0.15, 0.2) is 0 Å². The maximum Gasteiger partial charge on any atom is 0.243 e. The fourth-order valence-corrected chi connectivity index (χ4v) is 5.43. The first-order chi connectivity index (χ1) is 15.3. The van der Waals surface area contributed by atoms with E-state index in [0.717, 1.165) is 38.3 Å².